The van der Waals surface area contributed by atoms with Crippen LogP contribution in [0.5, 0.6) is 0 Å². The number of carboxylic acid groups (broad SMARTS) is 1. The van der Waals surface area contributed by atoms with E-state index in [4.69, 9.17) is 5.11 Å². The Morgan fingerprint density at radius 2 is 1.93 bits per heavy atom. The van der Waals surface area contributed by atoms with Crippen molar-refractivity contribution in [2.75, 3.05) is 11.9 Å². The second-order valence-electron chi connectivity index (χ2n) is 3.04. The Kier molecular flexibility index (Phi) is 4.03. The van der Waals surface area contributed by atoms with Crippen LogP contribution in [0.15, 0.2) is 24.3 Å². The van der Waals surface area contributed by atoms with Crippen LogP contribution in [-0.2, 0) is 11.2 Å². The van der Waals surface area contributed by atoms with Gasteiger partial charge < -0.3 is 10.4 Å². The Bertz CT molecular complexity index is 325. The average molecular weight is 215 g/mol. The van der Waals surface area contributed by atoms with Gasteiger partial charge in [0.15, 0.2) is 0 Å². The third-order valence-corrected chi connectivity index (χ3v) is 1.77. The summed E-state index contributed by atoms with van der Waals surface area (Å²) in [4.78, 5) is 10.4. The first-order chi connectivity index (χ1) is 7.08. The number of rotatable bonds is 5. The number of carbonyl (C=O) groups is 1. The Hall–Kier alpha value is -1.65. The molecule has 1 aromatic carbocycles. The first-order valence-electron chi connectivity index (χ1n) is 4.40. The van der Waals surface area contributed by atoms with Gasteiger partial charge in [0.2, 0.25) is 0 Å². The summed E-state index contributed by atoms with van der Waals surface area (Å²) in [5, 5.41) is 11.0. The van der Waals surface area contributed by atoms with Gasteiger partial charge in [-0.05, 0) is 17.7 Å². The highest BCUT2D eigenvalue weighted by Gasteiger charge is 2.02. The number of alkyl halides is 2. The standard InChI is InChI=1S/C10H11F2NO2/c11-9(12)6-13-8-3-1-7(2-4-8)5-10(14)15/h1-4,9,13H,5-6H2,(H,14,15). The first-order valence-corrected chi connectivity index (χ1v) is 4.40. The van der Waals surface area contributed by atoms with E-state index in [1.54, 1.807) is 24.3 Å². The minimum atomic E-state index is -2.40. The highest BCUT2D eigenvalue weighted by Crippen LogP contribution is 2.10. The second-order valence-corrected chi connectivity index (χ2v) is 3.04. The molecular weight excluding hydrogens is 204 g/mol. The lowest BCUT2D eigenvalue weighted by molar-refractivity contribution is -0.136. The summed E-state index contributed by atoms with van der Waals surface area (Å²) in [6.07, 6.45) is -2.46. The van der Waals surface area contributed by atoms with E-state index < -0.39 is 18.9 Å². The maximum absolute atomic E-state index is 11.8. The van der Waals surface area contributed by atoms with Crippen LogP contribution in [0.25, 0.3) is 0 Å². The Balaban J connectivity index is 2.52. The van der Waals surface area contributed by atoms with Crippen molar-refractivity contribution in [2.45, 2.75) is 12.8 Å². The molecule has 0 aliphatic carbocycles. The van der Waals surface area contributed by atoms with Gasteiger partial charge in [0.1, 0.15) is 0 Å². The molecule has 3 nitrogen and oxygen atoms in total. The van der Waals surface area contributed by atoms with E-state index in [1.807, 2.05) is 0 Å². The van der Waals surface area contributed by atoms with E-state index in [2.05, 4.69) is 5.32 Å². The van der Waals surface area contributed by atoms with Crippen LogP contribution >= 0.6 is 0 Å². The van der Waals surface area contributed by atoms with Crippen LogP contribution in [0.1, 0.15) is 5.56 Å². The summed E-state index contributed by atoms with van der Waals surface area (Å²) in [5.74, 6) is -0.914. The third kappa shape index (κ3) is 4.39. The lowest BCUT2D eigenvalue weighted by atomic mass is 10.1. The van der Waals surface area contributed by atoms with Crippen molar-refractivity contribution < 1.29 is 18.7 Å². The summed E-state index contributed by atoms with van der Waals surface area (Å²) in [7, 11) is 0. The first kappa shape index (κ1) is 11.4. The number of hydrogen-bond acceptors (Lipinski definition) is 2. The molecule has 1 aromatic rings. The fourth-order valence-corrected chi connectivity index (χ4v) is 1.11. The molecular formula is C10H11F2NO2. The molecule has 0 spiro atoms. The lowest BCUT2D eigenvalue weighted by Gasteiger charge is -2.05. The topological polar surface area (TPSA) is 49.3 Å². The number of anilines is 1. The zero-order valence-corrected chi connectivity index (χ0v) is 7.91. The van der Waals surface area contributed by atoms with Crippen molar-refractivity contribution in [3.63, 3.8) is 0 Å². The molecule has 0 aliphatic heterocycles. The molecule has 0 atom stereocenters. The van der Waals surface area contributed by atoms with Gasteiger partial charge in [-0.25, -0.2) is 8.78 Å². The van der Waals surface area contributed by atoms with Gasteiger partial charge in [-0.15, -0.1) is 0 Å². The SMILES string of the molecule is O=C(O)Cc1ccc(NCC(F)F)cc1. The molecule has 0 amide bonds. The second kappa shape index (κ2) is 5.29. The minimum absolute atomic E-state index is 0.0604. The number of nitrogens with one attached hydrogen (secondary N) is 1. The maximum Gasteiger partial charge on any atom is 0.307 e. The molecule has 0 heterocycles. The fourth-order valence-electron chi connectivity index (χ4n) is 1.11. The van der Waals surface area contributed by atoms with Crippen LogP contribution in [0, 0.1) is 0 Å². The molecule has 0 bridgehead atoms. The molecule has 0 saturated carbocycles. The van der Waals surface area contributed by atoms with Gasteiger partial charge in [0.05, 0.1) is 13.0 Å². The largest absolute Gasteiger partial charge is 0.481 e. The van der Waals surface area contributed by atoms with Crippen molar-refractivity contribution in [3.05, 3.63) is 29.8 Å². The molecule has 15 heavy (non-hydrogen) atoms. The van der Waals surface area contributed by atoms with Crippen molar-refractivity contribution in [1.82, 2.24) is 0 Å². The van der Waals surface area contributed by atoms with Gasteiger partial charge in [0, 0.05) is 5.69 Å². The molecule has 1 rings (SSSR count). The molecule has 0 saturated heterocycles. The van der Waals surface area contributed by atoms with E-state index >= 15 is 0 Å². The molecule has 2 N–H and O–H groups in total. The summed E-state index contributed by atoms with van der Waals surface area (Å²) >= 11 is 0. The van der Waals surface area contributed by atoms with Crippen LogP contribution in [0.4, 0.5) is 14.5 Å². The normalized spacial score (nSPS) is 10.3. The molecule has 0 unspecified atom stereocenters. The van der Waals surface area contributed by atoms with E-state index in [0.717, 1.165) is 0 Å². The number of halogens is 2. The summed E-state index contributed by atoms with van der Waals surface area (Å²) in [6, 6.07) is 6.37. The van der Waals surface area contributed by atoms with Gasteiger partial charge in [-0.2, -0.15) is 0 Å². The fraction of sp³-hybridized carbons (Fsp3) is 0.300. The van der Waals surface area contributed by atoms with Crippen molar-refractivity contribution >= 4 is 11.7 Å². The quantitative estimate of drug-likeness (QED) is 0.789. The third-order valence-electron chi connectivity index (χ3n) is 1.77. The number of hydrogen-bond donors (Lipinski definition) is 2. The summed E-state index contributed by atoms with van der Waals surface area (Å²) in [5.41, 5.74) is 1.20. The van der Waals surface area contributed by atoms with Crippen molar-refractivity contribution in [2.24, 2.45) is 0 Å². The molecule has 5 heteroatoms. The summed E-state index contributed by atoms with van der Waals surface area (Å²) < 4.78 is 23.7. The van der Waals surface area contributed by atoms with Gasteiger partial charge >= 0.3 is 5.97 Å². The van der Waals surface area contributed by atoms with Crippen LogP contribution in [0.3, 0.4) is 0 Å². The zero-order chi connectivity index (χ0) is 11.3. The number of benzene rings is 1. The van der Waals surface area contributed by atoms with Crippen molar-refractivity contribution in [3.8, 4) is 0 Å². The highest BCUT2D eigenvalue weighted by molar-refractivity contribution is 5.70. The molecule has 0 aromatic heterocycles. The van der Waals surface area contributed by atoms with E-state index in [1.165, 1.54) is 0 Å². The van der Waals surface area contributed by atoms with E-state index in [0.29, 0.717) is 11.3 Å². The predicted octanol–water partition coefficient (Wildman–Crippen LogP) is 1.99. The highest BCUT2D eigenvalue weighted by atomic mass is 19.3. The van der Waals surface area contributed by atoms with Gasteiger partial charge in [0.25, 0.3) is 6.43 Å². The van der Waals surface area contributed by atoms with E-state index in [9.17, 15) is 13.6 Å². The van der Waals surface area contributed by atoms with E-state index in [-0.39, 0.29) is 6.42 Å². The van der Waals surface area contributed by atoms with Crippen molar-refractivity contribution in [1.29, 1.82) is 0 Å². The monoisotopic (exact) mass is 215 g/mol. The minimum Gasteiger partial charge on any atom is -0.481 e. The smallest absolute Gasteiger partial charge is 0.307 e. The molecule has 0 aliphatic rings. The van der Waals surface area contributed by atoms with Crippen LogP contribution in [0.2, 0.25) is 0 Å². The van der Waals surface area contributed by atoms with Crippen LogP contribution in [-0.4, -0.2) is 24.0 Å². The van der Waals surface area contributed by atoms with Crippen LogP contribution < -0.4 is 5.32 Å². The molecule has 0 fully saturated rings. The van der Waals surface area contributed by atoms with Gasteiger partial charge in [-0.1, -0.05) is 12.1 Å². The van der Waals surface area contributed by atoms with Gasteiger partial charge in [-0.3, -0.25) is 4.79 Å². The molecule has 82 valence electrons. The lowest BCUT2D eigenvalue weighted by Crippen LogP contribution is -2.10. The number of aliphatic carboxylic acids is 1. The number of carboxylic acids is 1. The average Bonchev–Trinajstić information content (AvgIpc) is 2.16. The maximum atomic E-state index is 11.8. The zero-order valence-electron chi connectivity index (χ0n) is 7.91. The predicted molar refractivity (Wildman–Crippen MR) is 52.3 cm³/mol. The molecule has 0 radical (unpaired) electrons. The Morgan fingerprint density at radius 1 is 1.33 bits per heavy atom. The Labute approximate surface area is 85.7 Å². The Morgan fingerprint density at radius 3 is 2.40 bits per heavy atom. The summed E-state index contributed by atoms with van der Waals surface area (Å²) in [6.45, 7) is -0.404.